The Bertz CT molecular complexity index is 481. The highest BCUT2D eigenvalue weighted by Gasteiger charge is 2.30. The zero-order valence-corrected chi connectivity index (χ0v) is 8.35. The molecule has 5 heteroatoms. The second kappa shape index (κ2) is 3.91. The molecule has 1 unspecified atom stereocenters. The van der Waals surface area contributed by atoms with E-state index in [1.54, 1.807) is 0 Å². The average Bonchev–Trinajstić information content (AvgIpc) is 2.58. The van der Waals surface area contributed by atoms with E-state index in [0.717, 1.165) is 6.07 Å². The maximum atomic E-state index is 13.5. The fourth-order valence-electron chi connectivity index (χ4n) is 1.71. The van der Waals surface area contributed by atoms with E-state index < -0.39 is 11.9 Å². The summed E-state index contributed by atoms with van der Waals surface area (Å²) in [6.07, 6.45) is -0.770. The zero-order valence-electron chi connectivity index (χ0n) is 8.35. The van der Waals surface area contributed by atoms with E-state index in [9.17, 15) is 14.3 Å². The second-order valence-electron chi connectivity index (χ2n) is 3.64. The van der Waals surface area contributed by atoms with Crippen molar-refractivity contribution in [3.05, 3.63) is 29.6 Å². The minimum Gasteiger partial charge on any atom is -0.391 e. The number of benzene rings is 1. The van der Waals surface area contributed by atoms with Crippen LogP contribution in [0.4, 0.5) is 10.1 Å². The van der Waals surface area contributed by atoms with E-state index in [1.165, 1.54) is 17.0 Å². The molecule has 0 saturated carbocycles. The first-order chi connectivity index (χ1) is 7.61. The van der Waals surface area contributed by atoms with Gasteiger partial charge in [-0.1, -0.05) is 0 Å². The molecule has 1 saturated heterocycles. The predicted molar refractivity (Wildman–Crippen MR) is 54.1 cm³/mol. The molecule has 1 aromatic carbocycles. The van der Waals surface area contributed by atoms with Crippen molar-refractivity contribution >= 4 is 11.6 Å². The Kier molecular flexibility index (Phi) is 2.59. The van der Waals surface area contributed by atoms with E-state index >= 15 is 0 Å². The number of aliphatic hydroxyl groups is 1. The van der Waals surface area contributed by atoms with Crippen LogP contribution in [-0.2, 0) is 4.79 Å². The number of hydrogen-bond donors (Lipinski definition) is 1. The van der Waals surface area contributed by atoms with E-state index in [-0.39, 0.29) is 30.1 Å². The summed E-state index contributed by atoms with van der Waals surface area (Å²) < 4.78 is 13.5. The molecule has 4 nitrogen and oxygen atoms in total. The SMILES string of the molecule is N#Cc1ccc(F)c(N2CC(O)CC2=O)c1. The van der Waals surface area contributed by atoms with Crippen LogP contribution in [0.5, 0.6) is 0 Å². The van der Waals surface area contributed by atoms with Gasteiger partial charge in [-0.2, -0.15) is 5.26 Å². The Morgan fingerprint density at radius 1 is 1.56 bits per heavy atom. The van der Waals surface area contributed by atoms with Crippen molar-refractivity contribution in [3.8, 4) is 6.07 Å². The summed E-state index contributed by atoms with van der Waals surface area (Å²) in [7, 11) is 0. The third kappa shape index (κ3) is 1.75. The molecule has 1 heterocycles. The number of nitriles is 1. The number of anilines is 1. The summed E-state index contributed by atoms with van der Waals surface area (Å²) in [4.78, 5) is 12.6. The average molecular weight is 220 g/mol. The minimum absolute atomic E-state index is 0.00375. The third-order valence-electron chi connectivity index (χ3n) is 2.47. The van der Waals surface area contributed by atoms with Crippen molar-refractivity contribution in [2.45, 2.75) is 12.5 Å². The molecule has 82 valence electrons. The van der Waals surface area contributed by atoms with Crippen LogP contribution >= 0.6 is 0 Å². The quantitative estimate of drug-likeness (QED) is 0.761. The van der Waals surface area contributed by atoms with Gasteiger partial charge in [0.1, 0.15) is 5.82 Å². The molecule has 16 heavy (non-hydrogen) atoms. The molecule has 0 bridgehead atoms. The van der Waals surface area contributed by atoms with Gasteiger partial charge < -0.3 is 10.0 Å². The van der Waals surface area contributed by atoms with Gasteiger partial charge >= 0.3 is 0 Å². The molecule has 1 fully saturated rings. The molecular weight excluding hydrogens is 211 g/mol. The number of β-amino-alcohol motifs (C(OH)–C–C–N with tert-alkyl or cyclic N) is 1. The van der Waals surface area contributed by atoms with E-state index in [1.807, 2.05) is 6.07 Å². The molecular formula is C11H9FN2O2. The van der Waals surface area contributed by atoms with E-state index in [4.69, 9.17) is 5.26 Å². The molecule has 0 spiro atoms. The summed E-state index contributed by atoms with van der Waals surface area (Å²) in [6, 6.07) is 5.68. The minimum atomic E-state index is -0.766. The normalized spacial score (nSPS) is 19.9. The monoisotopic (exact) mass is 220 g/mol. The second-order valence-corrected chi connectivity index (χ2v) is 3.64. The maximum absolute atomic E-state index is 13.5. The molecule has 1 atom stereocenters. The zero-order chi connectivity index (χ0) is 11.7. The van der Waals surface area contributed by atoms with Gasteiger partial charge in [-0.25, -0.2) is 4.39 Å². The van der Waals surface area contributed by atoms with E-state index in [2.05, 4.69) is 0 Å². The van der Waals surface area contributed by atoms with Crippen LogP contribution in [0.15, 0.2) is 18.2 Å². The fraction of sp³-hybridized carbons (Fsp3) is 0.273. The summed E-state index contributed by atoms with van der Waals surface area (Å²) in [5.41, 5.74) is 0.339. The van der Waals surface area contributed by atoms with Crippen LogP contribution in [0, 0.1) is 17.1 Å². The number of nitrogens with zero attached hydrogens (tertiary/aromatic N) is 2. The lowest BCUT2D eigenvalue weighted by molar-refractivity contribution is -0.117. The lowest BCUT2D eigenvalue weighted by Crippen LogP contribution is -2.26. The smallest absolute Gasteiger partial charge is 0.229 e. The Morgan fingerprint density at radius 2 is 2.31 bits per heavy atom. The molecule has 0 radical (unpaired) electrons. The summed E-state index contributed by atoms with van der Waals surface area (Å²) in [5.74, 6) is -0.900. The highest BCUT2D eigenvalue weighted by molar-refractivity contribution is 5.96. The van der Waals surface area contributed by atoms with Crippen LogP contribution in [0.1, 0.15) is 12.0 Å². The van der Waals surface area contributed by atoms with Crippen LogP contribution < -0.4 is 4.90 Å². The van der Waals surface area contributed by atoms with Crippen molar-refractivity contribution in [1.29, 1.82) is 5.26 Å². The van der Waals surface area contributed by atoms with Crippen molar-refractivity contribution < 1.29 is 14.3 Å². The number of amides is 1. The first kappa shape index (κ1) is 10.6. The fourth-order valence-corrected chi connectivity index (χ4v) is 1.71. The number of rotatable bonds is 1. The Labute approximate surface area is 91.5 Å². The van der Waals surface area contributed by atoms with Gasteiger partial charge in [-0.05, 0) is 18.2 Å². The Hall–Kier alpha value is -1.93. The maximum Gasteiger partial charge on any atom is 0.229 e. The third-order valence-corrected chi connectivity index (χ3v) is 2.47. The molecule has 0 aliphatic carbocycles. The molecule has 2 rings (SSSR count). The van der Waals surface area contributed by atoms with Gasteiger partial charge in [0, 0.05) is 0 Å². The van der Waals surface area contributed by atoms with Crippen molar-refractivity contribution in [2.24, 2.45) is 0 Å². The first-order valence-electron chi connectivity index (χ1n) is 4.80. The van der Waals surface area contributed by atoms with Crippen LogP contribution in [0.25, 0.3) is 0 Å². The molecule has 1 aliphatic rings. The van der Waals surface area contributed by atoms with Crippen LogP contribution in [-0.4, -0.2) is 23.7 Å². The van der Waals surface area contributed by atoms with Gasteiger partial charge in [-0.3, -0.25) is 4.79 Å². The highest BCUT2D eigenvalue weighted by Crippen LogP contribution is 2.25. The largest absolute Gasteiger partial charge is 0.391 e. The van der Waals surface area contributed by atoms with E-state index in [0.29, 0.717) is 0 Å². The molecule has 1 aliphatic heterocycles. The van der Waals surface area contributed by atoms with Crippen molar-refractivity contribution in [2.75, 3.05) is 11.4 Å². The predicted octanol–water partition coefficient (Wildman–Crippen LogP) is 0.795. The lowest BCUT2D eigenvalue weighted by Gasteiger charge is -2.16. The summed E-state index contributed by atoms with van der Waals surface area (Å²) in [5, 5.41) is 18.0. The molecule has 1 N–H and O–H groups in total. The Morgan fingerprint density at radius 3 is 2.88 bits per heavy atom. The standard InChI is InChI=1S/C11H9FN2O2/c12-9-2-1-7(5-13)3-10(9)14-6-8(15)4-11(14)16/h1-3,8,15H,4,6H2. The highest BCUT2D eigenvalue weighted by atomic mass is 19.1. The number of hydrogen-bond acceptors (Lipinski definition) is 3. The van der Waals surface area contributed by atoms with Gasteiger partial charge in [0.05, 0.1) is 36.4 Å². The number of carbonyl (C=O) groups is 1. The van der Waals surface area contributed by atoms with Crippen molar-refractivity contribution in [1.82, 2.24) is 0 Å². The van der Waals surface area contributed by atoms with Gasteiger partial charge in [-0.15, -0.1) is 0 Å². The lowest BCUT2D eigenvalue weighted by atomic mass is 10.2. The first-order valence-corrected chi connectivity index (χ1v) is 4.80. The number of carbonyl (C=O) groups excluding carboxylic acids is 1. The summed E-state index contributed by atoms with van der Waals surface area (Å²) in [6.45, 7) is 0.0740. The number of aliphatic hydroxyl groups excluding tert-OH is 1. The summed E-state index contributed by atoms with van der Waals surface area (Å²) >= 11 is 0. The van der Waals surface area contributed by atoms with Crippen LogP contribution in [0.3, 0.4) is 0 Å². The topological polar surface area (TPSA) is 64.3 Å². The van der Waals surface area contributed by atoms with Gasteiger partial charge in [0.15, 0.2) is 0 Å². The van der Waals surface area contributed by atoms with Crippen LogP contribution in [0.2, 0.25) is 0 Å². The number of halogens is 1. The molecule has 0 aromatic heterocycles. The Balaban J connectivity index is 2.40. The van der Waals surface area contributed by atoms with Crippen molar-refractivity contribution in [3.63, 3.8) is 0 Å². The molecule has 1 amide bonds. The van der Waals surface area contributed by atoms with Gasteiger partial charge in [0.25, 0.3) is 0 Å². The van der Waals surface area contributed by atoms with Gasteiger partial charge in [0.2, 0.25) is 5.91 Å². The molecule has 1 aromatic rings.